The lowest BCUT2D eigenvalue weighted by Crippen LogP contribution is -2.07. The summed E-state index contributed by atoms with van der Waals surface area (Å²) in [6, 6.07) is 8.97. The molecule has 0 aliphatic carbocycles. The Kier molecular flexibility index (Phi) is 3.18. The molecule has 0 radical (unpaired) electrons. The molecule has 3 rings (SSSR count). The molecule has 2 aromatic carbocycles. The topological polar surface area (TPSA) is 21.6 Å². The summed E-state index contributed by atoms with van der Waals surface area (Å²) in [7, 11) is 0. The Morgan fingerprint density at radius 3 is 2.25 bits per heavy atom. The van der Waals surface area contributed by atoms with Crippen LogP contribution in [-0.4, -0.2) is 12.5 Å². The van der Waals surface area contributed by atoms with Gasteiger partial charge in [-0.25, -0.2) is 18.2 Å². The van der Waals surface area contributed by atoms with E-state index in [0.717, 1.165) is 17.7 Å². The van der Waals surface area contributed by atoms with Crippen molar-refractivity contribution in [3.8, 4) is 0 Å². The molecule has 0 aromatic heterocycles. The van der Waals surface area contributed by atoms with Crippen molar-refractivity contribution >= 4 is 5.90 Å². The van der Waals surface area contributed by atoms with E-state index in [0.29, 0.717) is 0 Å². The fraction of sp³-hybridized carbons (Fsp3) is 0.133. The molecule has 0 saturated carbocycles. The third-order valence-electron chi connectivity index (χ3n) is 3.08. The zero-order valence-corrected chi connectivity index (χ0v) is 10.3. The van der Waals surface area contributed by atoms with Crippen molar-refractivity contribution in [1.29, 1.82) is 0 Å². The van der Waals surface area contributed by atoms with Gasteiger partial charge < -0.3 is 4.74 Å². The van der Waals surface area contributed by atoms with Crippen LogP contribution in [0.2, 0.25) is 0 Å². The highest BCUT2D eigenvalue weighted by Gasteiger charge is 2.25. The van der Waals surface area contributed by atoms with Gasteiger partial charge in [0, 0.05) is 0 Å². The molecule has 1 atom stereocenters. The molecule has 0 saturated heterocycles. The van der Waals surface area contributed by atoms with Crippen molar-refractivity contribution in [2.45, 2.75) is 6.04 Å². The summed E-state index contributed by atoms with van der Waals surface area (Å²) in [5, 5.41) is 0. The molecule has 1 unspecified atom stereocenters. The smallest absolute Gasteiger partial charge is 0.222 e. The second-order valence-electron chi connectivity index (χ2n) is 4.41. The molecule has 1 aliphatic heterocycles. The summed E-state index contributed by atoms with van der Waals surface area (Å²) in [5.41, 5.74) is 0.468. The molecule has 102 valence electrons. The highest BCUT2D eigenvalue weighted by Crippen LogP contribution is 2.27. The minimum absolute atomic E-state index is 0.0603. The van der Waals surface area contributed by atoms with E-state index in [-0.39, 0.29) is 29.9 Å². The summed E-state index contributed by atoms with van der Waals surface area (Å²) in [5.74, 6) is -1.85. The van der Waals surface area contributed by atoms with Gasteiger partial charge in [-0.2, -0.15) is 0 Å². The second-order valence-corrected chi connectivity index (χ2v) is 4.41. The number of rotatable bonds is 2. The predicted molar refractivity (Wildman–Crippen MR) is 68.0 cm³/mol. The number of aliphatic imine (C=N–C) groups is 1. The molecule has 1 heterocycles. The van der Waals surface area contributed by atoms with Crippen LogP contribution in [0.15, 0.2) is 47.5 Å². The van der Waals surface area contributed by atoms with Gasteiger partial charge >= 0.3 is 0 Å². The Hall–Kier alpha value is -2.30. The van der Waals surface area contributed by atoms with Gasteiger partial charge in [0.05, 0.1) is 0 Å². The summed E-state index contributed by atoms with van der Waals surface area (Å²) in [6.45, 7) is 0.175. The molecular formula is C15H10F3NO. The van der Waals surface area contributed by atoms with Gasteiger partial charge in [0.25, 0.3) is 0 Å². The first-order valence-corrected chi connectivity index (χ1v) is 6.05. The molecule has 1 aliphatic rings. The van der Waals surface area contributed by atoms with E-state index in [1.807, 2.05) is 0 Å². The second kappa shape index (κ2) is 5.00. The normalized spacial score (nSPS) is 17.8. The van der Waals surface area contributed by atoms with Crippen LogP contribution in [0.25, 0.3) is 0 Å². The first-order valence-electron chi connectivity index (χ1n) is 6.05. The molecule has 5 heteroatoms. The molecule has 2 nitrogen and oxygen atoms in total. The van der Waals surface area contributed by atoms with Crippen molar-refractivity contribution in [3.63, 3.8) is 0 Å². The highest BCUT2D eigenvalue weighted by molar-refractivity contribution is 5.95. The lowest BCUT2D eigenvalue weighted by Gasteiger charge is -2.04. The van der Waals surface area contributed by atoms with Crippen molar-refractivity contribution in [3.05, 3.63) is 71.0 Å². The Labute approximate surface area is 113 Å². The first kappa shape index (κ1) is 12.7. The van der Waals surface area contributed by atoms with Crippen molar-refractivity contribution in [2.24, 2.45) is 4.99 Å². The van der Waals surface area contributed by atoms with Crippen LogP contribution >= 0.6 is 0 Å². The maximum atomic E-state index is 13.6. The van der Waals surface area contributed by atoms with E-state index < -0.39 is 11.6 Å². The van der Waals surface area contributed by atoms with Crippen LogP contribution in [0.3, 0.4) is 0 Å². The van der Waals surface area contributed by atoms with E-state index in [4.69, 9.17) is 4.74 Å². The van der Waals surface area contributed by atoms with Gasteiger partial charge in [0.1, 0.15) is 35.7 Å². The fourth-order valence-corrected chi connectivity index (χ4v) is 2.07. The van der Waals surface area contributed by atoms with Crippen molar-refractivity contribution in [1.82, 2.24) is 0 Å². The van der Waals surface area contributed by atoms with E-state index in [1.165, 1.54) is 18.2 Å². The average Bonchev–Trinajstić information content (AvgIpc) is 2.89. The highest BCUT2D eigenvalue weighted by atomic mass is 19.1. The number of hydrogen-bond acceptors (Lipinski definition) is 2. The van der Waals surface area contributed by atoms with Gasteiger partial charge in [-0.3, -0.25) is 0 Å². The van der Waals surface area contributed by atoms with Crippen LogP contribution in [0, 0.1) is 17.5 Å². The SMILES string of the molecule is Fc1ccc(C2COC(c3c(F)cccc3F)=N2)cc1. The average molecular weight is 277 g/mol. The Bertz CT molecular complexity index is 647. The van der Waals surface area contributed by atoms with Crippen molar-refractivity contribution in [2.75, 3.05) is 6.61 Å². The van der Waals surface area contributed by atoms with Crippen molar-refractivity contribution < 1.29 is 17.9 Å². The van der Waals surface area contributed by atoms with E-state index in [1.54, 1.807) is 12.1 Å². The fourth-order valence-electron chi connectivity index (χ4n) is 2.07. The summed E-state index contributed by atoms with van der Waals surface area (Å²) >= 11 is 0. The number of nitrogens with zero attached hydrogens (tertiary/aromatic N) is 1. The maximum Gasteiger partial charge on any atom is 0.222 e. The molecule has 0 spiro atoms. The first-order chi connectivity index (χ1) is 9.65. The largest absolute Gasteiger partial charge is 0.475 e. The number of ether oxygens (including phenoxy) is 1. The lowest BCUT2D eigenvalue weighted by atomic mass is 10.1. The van der Waals surface area contributed by atoms with Crippen LogP contribution in [0.5, 0.6) is 0 Å². The number of halogens is 3. The Balaban J connectivity index is 1.94. The summed E-state index contributed by atoms with van der Waals surface area (Å²) < 4.78 is 45.4. The summed E-state index contributed by atoms with van der Waals surface area (Å²) in [4.78, 5) is 4.17. The van der Waals surface area contributed by atoms with E-state index in [9.17, 15) is 13.2 Å². The molecule has 0 amide bonds. The number of hydrogen-bond donors (Lipinski definition) is 0. The van der Waals surface area contributed by atoms with Gasteiger partial charge in [0.15, 0.2) is 0 Å². The lowest BCUT2D eigenvalue weighted by molar-refractivity contribution is 0.317. The zero-order valence-electron chi connectivity index (χ0n) is 10.3. The Morgan fingerprint density at radius 2 is 1.60 bits per heavy atom. The molecule has 0 fully saturated rings. The monoisotopic (exact) mass is 277 g/mol. The number of benzene rings is 2. The molecular weight excluding hydrogens is 267 g/mol. The third kappa shape index (κ3) is 2.27. The van der Waals surface area contributed by atoms with Crippen LogP contribution in [0.4, 0.5) is 13.2 Å². The molecule has 20 heavy (non-hydrogen) atoms. The van der Waals surface area contributed by atoms with Gasteiger partial charge in [0.2, 0.25) is 5.90 Å². The van der Waals surface area contributed by atoms with Gasteiger partial charge in [-0.15, -0.1) is 0 Å². The minimum atomic E-state index is -0.719. The van der Waals surface area contributed by atoms with Crippen LogP contribution < -0.4 is 0 Å². The van der Waals surface area contributed by atoms with E-state index in [2.05, 4.69) is 4.99 Å². The van der Waals surface area contributed by atoms with Crippen LogP contribution in [-0.2, 0) is 4.74 Å². The van der Waals surface area contributed by atoms with Gasteiger partial charge in [-0.05, 0) is 29.8 Å². The molecule has 0 N–H and O–H groups in total. The summed E-state index contributed by atoms with van der Waals surface area (Å²) in [6.07, 6.45) is 0. The standard InChI is InChI=1S/C15H10F3NO/c16-10-6-4-9(5-7-10)13-8-20-15(19-13)14-11(17)2-1-3-12(14)18/h1-7,13H,8H2. The third-order valence-corrected chi connectivity index (χ3v) is 3.08. The van der Waals surface area contributed by atoms with Crippen LogP contribution in [0.1, 0.15) is 17.2 Å². The van der Waals surface area contributed by atoms with Gasteiger partial charge in [-0.1, -0.05) is 18.2 Å². The zero-order chi connectivity index (χ0) is 14.1. The molecule has 0 bridgehead atoms. The quantitative estimate of drug-likeness (QED) is 0.821. The predicted octanol–water partition coefficient (Wildman–Crippen LogP) is 3.62. The minimum Gasteiger partial charge on any atom is -0.475 e. The molecule has 2 aromatic rings. The maximum absolute atomic E-state index is 13.6. The Morgan fingerprint density at radius 1 is 0.950 bits per heavy atom. The van der Waals surface area contributed by atoms with E-state index >= 15 is 0 Å².